The minimum atomic E-state index is 0.296. The van der Waals surface area contributed by atoms with Gasteiger partial charge in [-0.1, -0.05) is 13.8 Å². The maximum absolute atomic E-state index is 6.00. The first-order chi connectivity index (χ1) is 7.68. The molecular formula is C12H27N3O. The van der Waals surface area contributed by atoms with Crippen molar-refractivity contribution in [1.82, 2.24) is 10.2 Å². The van der Waals surface area contributed by atoms with Gasteiger partial charge in [-0.3, -0.25) is 4.90 Å². The van der Waals surface area contributed by atoms with Crippen LogP contribution in [0.3, 0.4) is 0 Å². The second-order valence-electron chi connectivity index (χ2n) is 5.05. The first kappa shape index (κ1) is 13.9. The molecule has 0 aliphatic carbocycles. The van der Waals surface area contributed by atoms with E-state index in [0.29, 0.717) is 12.0 Å². The van der Waals surface area contributed by atoms with E-state index in [4.69, 9.17) is 10.5 Å². The standard InChI is InChI=1S/C12H27N3O/c1-11(2)9-12(13)10-14-3-4-15-5-7-16-8-6-15/h11-12,14H,3-10,13H2,1-2H3. The molecule has 16 heavy (non-hydrogen) atoms. The van der Waals surface area contributed by atoms with Gasteiger partial charge in [0.2, 0.25) is 0 Å². The quantitative estimate of drug-likeness (QED) is 0.616. The SMILES string of the molecule is CC(C)CC(N)CNCCN1CCOCC1. The average molecular weight is 229 g/mol. The lowest BCUT2D eigenvalue weighted by atomic mass is 10.0. The largest absolute Gasteiger partial charge is 0.379 e. The van der Waals surface area contributed by atoms with Crippen LogP contribution in [0.4, 0.5) is 0 Å². The number of ether oxygens (including phenoxy) is 1. The van der Waals surface area contributed by atoms with Gasteiger partial charge in [0.1, 0.15) is 0 Å². The van der Waals surface area contributed by atoms with Crippen molar-refractivity contribution in [1.29, 1.82) is 0 Å². The van der Waals surface area contributed by atoms with E-state index in [-0.39, 0.29) is 0 Å². The molecule has 3 N–H and O–H groups in total. The zero-order chi connectivity index (χ0) is 11.8. The summed E-state index contributed by atoms with van der Waals surface area (Å²) in [5.74, 6) is 0.691. The predicted octanol–water partition coefficient (Wildman–Crippen LogP) is 0.282. The molecule has 1 heterocycles. The summed E-state index contributed by atoms with van der Waals surface area (Å²) in [4.78, 5) is 2.43. The number of nitrogens with one attached hydrogen (secondary N) is 1. The Kier molecular flexibility index (Phi) is 6.96. The molecule has 96 valence electrons. The molecule has 1 unspecified atom stereocenters. The molecule has 0 radical (unpaired) electrons. The van der Waals surface area contributed by atoms with Crippen LogP contribution in [0.5, 0.6) is 0 Å². The monoisotopic (exact) mass is 229 g/mol. The van der Waals surface area contributed by atoms with Crippen LogP contribution in [0.1, 0.15) is 20.3 Å². The average Bonchev–Trinajstić information content (AvgIpc) is 2.25. The van der Waals surface area contributed by atoms with Gasteiger partial charge in [-0.25, -0.2) is 0 Å². The number of nitrogens with zero attached hydrogens (tertiary/aromatic N) is 1. The second kappa shape index (κ2) is 8.01. The molecule has 0 amide bonds. The van der Waals surface area contributed by atoms with Gasteiger partial charge in [0.25, 0.3) is 0 Å². The van der Waals surface area contributed by atoms with Gasteiger partial charge in [-0.05, 0) is 12.3 Å². The maximum atomic E-state index is 6.00. The van der Waals surface area contributed by atoms with Crippen molar-refractivity contribution in [3.63, 3.8) is 0 Å². The molecule has 1 atom stereocenters. The molecule has 1 aliphatic heterocycles. The highest BCUT2D eigenvalue weighted by Gasteiger charge is 2.09. The molecule has 1 rings (SSSR count). The van der Waals surface area contributed by atoms with Crippen molar-refractivity contribution in [2.75, 3.05) is 45.9 Å². The minimum absolute atomic E-state index is 0.296. The summed E-state index contributed by atoms with van der Waals surface area (Å²) in [5, 5.41) is 3.43. The first-order valence-corrected chi connectivity index (χ1v) is 6.45. The van der Waals surface area contributed by atoms with Gasteiger partial charge < -0.3 is 15.8 Å². The van der Waals surface area contributed by atoms with Crippen LogP contribution in [0.25, 0.3) is 0 Å². The fraction of sp³-hybridized carbons (Fsp3) is 1.00. The van der Waals surface area contributed by atoms with E-state index in [1.165, 1.54) is 0 Å². The molecule has 0 spiro atoms. The molecule has 4 nitrogen and oxygen atoms in total. The van der Waals surface area contributed by atoms with E-state index >= 15 is 0 Å². The van der Waals surface area contributed by atoms with E-state index < -0.39 is 0 Å². The fourth-order valence-corrected chi connectivity index (χ4v) is 2.04. The summed E-state index contributed by atoms with van der Waals surface area (Å²) in [6, 6.07) is 0.296. The predicted molar refractivity (Wildman–Crippen MR) is 67.6 cm³/mol. The summed E-state index contributed by atoms with van der Waals surface area (Å²) in [6.45, 7) is 11.4. The van der Waals surface area contributed by atoms with Gasteiger partial charge >= 0.3 is 0 Å². The fourth-order valence-electron chi connectivity index (χ4n) is 2.04. The van der Waals surface area contributed by atoms with Gasteiger partial charge in [-0.2, -0.15) is 0 Å². The Bertz CT molecular complexity index is 170. The maximum Gasteiger partial charge on any atom is 0.0594 e. The van der Waals surface area contributed by atoms with Gasteiger partial charge in [0.05, 0.1) is 13.2 Å². The molecule has 1 aliphatic rings. The highest BCUT2D eigenvalue weighted by Crippen LogP contribution is 2.01. The molecule has 1 saturated heterocycles. The zero-order valence-electron chi connectivity index (χ0n) is 10.7. The van der Waals surface area contributed by atoms with Crippen LogP contribution in [0.15, 0.2) is 0 Å². The van der Waals surface area contributed by atoms with Crippen molar-refractivity contribution in [2.24, 2.45) is 11.7 Å². The Morgan fingerprint density at radius 3 is 2.62 bits per heavy atom. The number of morpholine rings is 1. The van der Waals surface area contributed by atoms with Crippen LogP contribution < -0.4 is 11.1 Å². The van der Waals surface area contributed by atoms with Crippen molar-refractivity contribution in [2.45, 2.75) is 26.3 Å². The Morgan fingerprint density at radius 2 is 2.00 bits per heavy atom. The Labute approximate surface area is 99.5 Å². The topological polar surface area (TPSA) is 50.5 Å². The number of nitrogens with two attached hydrogens (primary N) is 1. The lowest BCUT2D eigenvalue weighted by Gasteiger charge is -2.26. The summed E-state index contributed by atoms with van der Waals surface area (Å²) < 4.78 is 5.31. The lowest BCUT2D eigenvalue weighted by Crippen LogP contribution is -2.42. The molecule has 0 aromatic rings. The normalized spacial score (nSPS) is 20.2. The van der Waals surface area contributed by atoms with Gasteiger partial charge in [0.15, 0.2) is 0 Å². The van der Waals surface area contributed by atoms with Crippen molar-refractivity contribution < 1.29 is 4.74 Å². The van der Waals surface area contributed by atoms with Crippen molar-refractivity contribution in [3.05, 3.63) is 0 Å². The minimum Gasteiger partial charge on any atom is -0.379 e. The van der Waals surface area contributed by atoms with Crippen LogP contribution in [-0.2, 0) is 4.74 Å². The summed E-state index contributed by atoms with van der Waals surface area (Å²) in [5.41, 5.74) is 6.00. The smallest absolute Gasteiger partial charge is 0.0594 e. The van der Waals surface area contributed by atoms with Crippen molar-refractivity contribution in [3.8, 4) is 0 Å². The summed E-state index contributed by atoms with van der Waals surface area (Å²) >= 11 is 0. The first-order valence-electron chi connectivity index (χ1n) is 6.45. The highest BCUT2D eigenvalue weighted by molar-refractivity contribution is 4.68. The van der Waals surface area contributed by atoms with Crippen LogP contribution >= 0.6 is 0 Å². The molecule has 0 aromatic carbocycles. The van der Waals surface area contributed by atoms with Crippen LogP contribution in [-0.4, -0.2) is 56.9 Å². The van der Waals surface area contributed by atoms with Gasteiger partial charge in [0, 0.05) is 38.8 Å². The van der Waals surface area contributed by atoms with Crippen LogP contribution in [0.2, 0.25) is 0 Å². The summed E-state index contributed by atoms with van der Waals surface area (Å²) in [7, 11) is 0. The molecule has 0 saturated carbocycles. The van der Waals surface area contributed by atoms with E-state index in [2.05, 4.69) is 24.1 Å². The molecule has 1 fully saturated rings. The molecule has 0 aromatic heterocycles. The summed E-state index contributed by atoms with van der Waals surface area (Å²) in [6.07, 6.45) is 1.10. The number of rotatable bonds is 7. The zero-order valence-corrected chi connectivity index (χ0v) is 10.7. The lowest BCUT2D eigenvalue weighted by molar-refractivity contribution is 0.0384. The van der Waals surface area contributed by atoms with E-state index in [1.807, 2.05) is 0 Å². The number of hydrogen-bond acceptors (Lipinski definition) is 4. The van der Waals surface area contributed by atoms with E-state index in [9.17, 15) is 0 Å². The van der Waals surface area contributed by atoms with Gasteiger partial charge in [-0.15, -0.1) is 0 Å². The van der Waals surface area contributed by atoms with E-state index in [1.54, 1.807) is 0 Å². The molecule has 4 heteroatoms. The number of hydrogen-bond donors (Lipinski definition) is 2. The Morgan fingerprint density at radius 1 is 1.31 bits per heavy atom. The molecule has 0 bridgehead atoms. The third-order valence-electron chi connectivity index (χ3n) is 2.89. The Balaban J connectivity index is 1.94. The van der Waals surface area contributed by atoms with Crippen molar-refractivity contribution >= 4 is 0 Å². The van der Waals surface area contributed by atoms with E-state index in [0.717, 1.165) is 52.4 Å². The highest BCUT2D eigenvalue weighted by atomic mass is 16.5. The second-order valence-corrected chi connectivity index (χ2v) is 5.05. The van der Waals surface area contributed by atoms with Crippen LogP contribution in [0, 0.1) is 5.92 Å². The third-order valence-corrected chi connectivity index (χ3v) is 2.89. The Hall–Kier alpha value is -0.160. The molecular weight excluding hydrogens is 202 g/mol. The third kappa shape index (κ3) is 6.43.